The van der Waals surface area contributed by atoms with E-state index in [1.807, 2.05) is 0 Å². The van der Waals surface area contributed by atoms with E-state index in [1.54, 1.807) is 12.1 Å². The first-order chi connectivity index (χ1) is 8.81. The Kier molecular flexibility index (Phi) is 4.66. The van der Waals surface area contributed by atoms with Gasteiger partial charge in [0.15, 0.2) is 5.60 Å². The summed E-state index contributed by atoms with van der Waals surface area (Å²) in [6, 6.07) is 6.19. The van der Waals surface area contributed by atoms with Crippen LogP contribution in [-0.4, -0.2) is 39.3 Å². The molecule has 19 heavy (non-hydrogen) atoms. The molecule has 0 aliphatic heterocycles. The van der Waals surface area contributed by atoms with Gasteiger partial charge in [0.1, 0.15) is 5.75 Å². The van der Waals surface area contributed by atoms with E-state index in [9.17, 15) is 14.7 Å². The van der Waals surface area contributed by atoms with Gasteiger partial charge in [-0.2, -0.15) is 0 Å². The van der Waals surface area contributed by atoms with Crippen LogP contribution >= 0.6 is 0 Å². The molecule has 0 bridgehead atoms. The third kappa shape index (κ3) is 4.81. The van der Waals surface area contributed by atoms with Gasteiger partial charge in [-0.1, -0.05) is 12.1 Å². The summed E-state index contributed by atoms with van der Waals surface area (Å²) in [7, 11) is 0. The number of amides is 1. The molecule has 0 fully saturated rings. The standard InChI is InChI=1S/C13H15NO5/c1-13(19,12(17)18)8-14-11(16)7-4-9-2-5-10(15)6-3-9/h2-7,15,19H,8H2,1H3,(H,14,16)(H,17,18). The normalized spacial score (nSPS) is 14.0. The van der Waals surface area contributed by atoms with Gasteiger partial charge in [0.2, 0.25) is 5.91 Å². The predicted molar refractivity (Wildman–Crippen MR) is 68.4 cm³/mol. The van der Waals surface area contributed by atoms with Gasteiger partial charge < -0.3 is 20.6 Å². The zero-order chi connectivity index (χ0) is 14.5. The molecule has 0 aliphatic carbocycles. The van der Waals surface area contributed by atoms with Gasteiger partial charge in [0.05, 0.1) is 6.54 Å². The molecule has 1 amide bonds. The molecule has 1 aromatic rings. The molecule has 0 saturated carbocycles. The minimum absolute atomic E-state index is 0.124. The van der Waals surface area contributed by atoms with Gasteiger partial charge >= 0.3 is 5.97 Å². The van der Waals surface area contributed by atoms with E-state index < -0.39 is 17.5 Å². The summed E-state index contributed by atoms with van der Waals surface area (Å²) in [6.45, 7) is 0.709. The van der Waals surface area contributed by atoms with Crippen LogP contribution in [0.2, 0.25) is 0 Å². The lowest BCUT2D eigenvalue weighted by molar-refractivity contribution is -0.156. The minimum Gasteiger partial charge on any atom is -0.508 e. The van der Waals surface area contributed by atoms with E-state index in [4.69, 9.17) is 10.2 Å². The van der Waals surface area contributed by atoms with Crippen LogP contribution in [0.3, 0.4) is 0 Å². The zero-order valence-electron chi connectivity index (χ0n) is 10.3. The number of hydrogen-bond donors (Lipinski definition) is 4. The van der Waals surface area contributed by atoms with Crippen molar-refractivity contribution in [2.75, 3.05) is 6.54 Å². The number of aliphatic hydroxyl groups is 1. The van der Waals surface area contributed by atoms with Gasteiger partial charge in [0.25, 0.3) is 0 Å². The quantitative estimate of drug-likeness (QED) is 0.575. The fraction of sp³-hybridized carbons (Fsp3) is 0.231. The summed E-state index contributed by atoms with van der Waals surface area (Å²) < 4.78 is 0. The lowest BCUT2D eigenvalue weighted by Gasteiger charge is -2.17. The van der Waals surface area contributed by atoms with Gasteiger partial charge in [-0.15, -0.1) is 0 Å². The Labute approximate surface area is 110 Å². The topological polar surface area (TPSA) is 107 Å². The highest BCUT2D eigenvalue weighted by Crippen LogP contribution is 2.10. The van der Waals surface area contributed by atoms with Gasteiger partial charge in [-0.3, -0.25) is 4.79 Å². The molecule has 0 saturated heterocycles. The molecule has 0 aromatic heterocycles. The first-order valence-electron chi connectivity index (χ1n) is 5.52. The molecule has 4 N–H and O–H groups in total. The molecule has 1 rings (SSSR count). The molecular weight excluding hydrogens is 250 g/mol. The Morgan fingerprint density at radius 1 is 1.32 bits per heavy atom. The largest absolute Gasteiger partial charge is 0.508 e. The van der Waals surface area contributed by atoms with Gasteiger partial charge in [-0.05, 0) is 30.7 Å². The number of aromatic hydroxyl groups is 1. The second-order valence-electron chi connectivity index (χ2n) is 4.22. The zero-order valence-corrected chi connectivity index (χ0v) is 10.3. The number of carboxylic acids is 1. The van der Waals surface area contributed by atoms with Crippen molar-refractivity contribution in [1.29, 1.82) is 0 Å². The summed E-state index contributed by atoms with van der Waals surface area (Å²) >= 11 is 0. The van der Waals surface area contributed by atoms with Crippen LogP contribution in [0.4, 0.5) is 0 Å². The first-order valence-corrected chi connectivity index (χ1v) is 5.52. The van der Waals surface area contributed by atoms with E-state index in [0.717, 1.165) is 6.92 Å². The number of rotatable bonds is 5. The number of carbonyl (C=O) groups is 2. The van der Waals surface area contributed by atoms with Crippen molar-refractivity contribution in [3.8, 4) is 5.75 Å². The van der Waals surface area contributed by atoms with Crippen LogP contribution in [0.1, 0.15) is 12.5 Å². The SMILES string of the molecule is CC(O)(CNC(=O)C=Cc1ccc(O)cc1)C(=O)O. The maximum atomic E-state index is 11.4. The summed E-state index contributed by atoms with van der Waals surface area (Å²) in [5, 5.41) is 29.4. The molecule has 102 valence electrons. The number of aliphatic carboxylic acids is 1. The Hall–Kier alpha value is -2.34. The first kappa shape index (κ1) is 14.7. The molecule has 6 heteroatoms. The maximum Gasteiger partial charge on any atom is 0.337 e. The van der Waals surface area contributed by atoms with Gasteiger partial charge in [-0.25, -0.2) is 4.79 Å². The highest BCUT2D eigenvalue weighted by atomic mass is 16.4. The van der Waals surface area contributed by atoms with Crippen LogP contribution in [-0.2, 0) is 9.59 Å². The van der Waals surface area contributed by atoms with Crippen LogP contribution in [0.5, 0.6) is 5.75 Å². The molecule has 0 radical (unpaired) electrons. The lowest BCUT2D eigenvalue weighted by atomic mass is 10.1. The van der Waals surface area contributed by atoms with Crippen LogP contribution < -0.4 is 5.32 Å². The van der Waals surface area contributed by atoms with E-state index in [0.29, 0.717) is 5.56 Å². The van der Waals surface area contributed by atoms with Crippen molar-refractivity contribution >= 4 is 18.0 Å². The van der Waals surface area contributed by atoms with Crippen molar-refractivity contribution < 1.29 is 24.9 Å². The number of phenols is 1. The number of benzene rings is 1. The van der Waals surface area contributed by atoms with Crippen molar-refractivity contribution in [3.05, 3.63) is 35.9 Å². The third-order valence-electron chi connectivity index (χ3n) is 2.39. The van der Waals surface area contributed by atoms with Crippen molar-refractivity contribution in [2.45, 2.75) is 12.5 Å². The monoisotopic (exact) mass is 265 g/mol. The summed E-state index contributed by atoms with van der Waals surface area (Å²) in [5.41, 5.74) is -1.29. The molecular formula is C13H15NO5. The molecule has 1 atom stereocenters. The lowest BCUT2D eigenvalue weighted by Crippen LogP contribution is -2.46. The second kappa shape index (κ2) is 6.01. The Balaban J connectivity index is 2.52. The van der Waals surface area contributed by atoms with E-state index in [1.165, 1.54) is 24.3 Å². The number of nitrogens with one attached hydrogen (secondary N) is 1. The molecule has 1 aromatic carbocycles. The van der Waals surface area contributed by atoms with Crippen molar-refractivity contribution in [1.82, 2.24) is 5.32 Å². The number of phenolic OH excluding ortho intramolecular Hbond substituents is 1. The second-order valence-corrected chi connectivity index (χ2v) is 4.22. The van der Waals surface area contributed by atoms with Crippen molar-refractivity contribution in [3.63, 3.8) is 0 Å². The predicted octanol–water partition coefficient (Wildman–Crippen LogP) is 0.357. The molecule has 6 nitrogen and oxygen atoms in total. The molecule has 0 heterocycles. The van der Waals surface area contributed by atoms with Crippen molar-refractivity contribution in [2.24, 2.45) is 0 Å². The van der Waals surface area contributed by atoms with Gasteiger partial charge in [0, 0.05) is 6.08 Å². The summed E-state index contributed by atoms with van der Waals surface area (Å²) in [4.78, 5) is 22.0. The Bertz CT molecular complexity index is 490. The van der Waals surface area contributed by atoms with Crippen LogP contribution in [0, 0.1) is 0 Å². The van der Waals surface area contributed by atoms with Crippen LogP contribution in [0.15, 0.2) is 30.3 Å². The highest BCUT2D eigenvalue weighted by molar-refractivity contribution is 5.92. The minimum atomic E-state index is -2.00. The number of carbonyl (C=O) groups excluding carboxylic acids is 1. The Morgan fingerprint density at radius 3 is 2.42 bits per heavy atom. The van der Waals surface area contributed by atoms with E-state index in [2.05, 4.69) is 5.32 Å². The molecule has 1 unspecified atom stereocenters. The fourth-order valence-electron chi connectivity index (χ4n) is 1.15. The highest BCUT2D eigenvalue weighted by Gasteiger charge is 2.29. The summed E-state index contributed by atoms with van der Waals surface area (Å²) in [6.07, 6.45) is 2.72. The average molecular weight is 265 g/mol. The van der Waals surface area contributed by atoms with Crippen LogP contribution in [0.25, 0.3) is 6.08 Å². The maximum absolute atomic E-state index is 11.4. The third-order valence-corrected chi connectivity index (χ3v) is 2.39. The number of hydrogen-bond acceptors (Lipinski definition) is 4. The fourth-order valence-corrected chi connectivity index (χ4v) is 1.15. The van der Waals surface area contributed by atoms with E-state index >= 15 is 0 Å². The summed E-state index contributed by atoms with van der Waals surface area (Å²) in [5.74, 6) is -1.80. The average Bonchev–Trinajstić information content (AvgIpc) is 2.35. The van der Waals surface area contributed by atoms with E-state index in [-0.39, 0.29) is 12.3 Å². The molecule has 0 aliphatic rings. The smallest absolute Gasteiger partial charge is 0.337 e. The molecule has 0 spiro atoms. The Morgan fingerprint density at radius 2 is 1.89 bits per heavy atom. The number of carboxylic acid groups (broad SMARTS) is 1.